The number of hydrogen-bond acceptors (Lipinski definition) is 1. The smallest absolute Gasteiger partial charge is 0.168 e. The number of ketones is 1. The van der Waals surface area contributed by atoms with Gasteiger partial charge >= 0.3 is 0 Å². The summed E-state index contributed by atoms with van der Waals surface area (Å²) in [6, 6.07) is 0. The monoisotopic (exact) mass is 272 g/mol. The second-order valence-corrected chi connectivity index (χ2v) is 6.54. The highest BCUT2D eigenvalue weighted by Gasteiger charge is 2.32. The van der Waals surface area contributed by atoms with Gasteiger partial charge in [0.15, 0.2) is 5.78 Å². The van der Waals surface area contributed by atoms with Crippen LogP contribution in [0.15, 0.2) is 46.6 Å². The maximum Gasteiger partial charge on any atom is 0.168 e. The van der Waals surface area contributed by atoms with E-state index in [9.17, 15) is 4.79 Å². The van der Waals surface area contributed by atoms with E-state index in [2.05, 4.69) is 52.8 Å². The third-order valence-corrected chi connectivity index (χ3v) is 3.83. The molecule has 1 nitrogen and oxygen atoms in total. The molecule has 1 rings (SSSR count). The standard InChI is InChI=1S/C19H28O/c1-14(2)8-7-9-15(3)10-11-19(6)13-16(4)12-17(5)18(19)20/h8,10,12-13H,7,9,11H2,1-6H3/b15-10-. The first-order chi connectivity index (χ1) is 9.24. The van der Waals surface area contributed by atoms with E-state index in [1.807, 2.05) is 13.0 Å². The summed E-state index contributed by atoms with van der Waals surface area (Å²) in [7, 11) is 0. The first kappa shape index (κ1) is 16.7. The van der Waals surface area contributed by atoms with Crippen LogP contribution in [-0.4, -0.2) is 5.78 Å². The molecule has 0 aromatic heterocycles. The molecule has 0 aromatic rings. The van der Waals surface area contributed by atoms with Gasteiger partial charge in [0.25, 0.3) is 0 Å². The van der Waals surface area contributed by atoms with E-state index in [-0.39, 0.29) is 11.2 Å². The van der Waals surface area contributed by atoms with Crippen molar-refractivity contribution >= 4 is 5.78 Å². The SMILES string of the molecule is CC(C)=CCC/C(C)=C\CC1(C)C=C(C)C=C(C)C1=O. The minimum absolute atomic E-state index is 0.261. The second kappa shape index (κ2) is 6.88. The van der Waals surface area contributed by atoms with E-state index in [1.54, 1.807) is 0 Å². The Bertz CT molecular complexity index is 496. The van der Waals surface area contributed by atoms with Gasteiger partial charge in [-0.15, -0.1) is 0 Å². The van der Waals surface area contributed by atoms with E-state index in [1.165, 1.54) is 16.7 Å². The highest BCUT2D eigenvalue weighted by atomic mass is 16.1. The minimum atomic E-state index is -0.360. The van der Waals surface area contributed by atoms with Crippen LogP contribution in [0.1, 0.15) is 60.8 Å². The lowest BCUT2D eigenvalue weighted by atomic mass is 9.74. The predicted molar refractivity (Wildman–Crippen MR) is 87.7 cm³/mol. The molecule has 0 amide bonds. The molecule has 0 heterocycles. The molecule has 0 radical (unpaired) electrons. The maximum absolute atomic E-state index is 12.4. The molecule has 1 atom stereocenters. The summed E-state index contributed by atoms with van der Waals surface area (Å²) in [5.74, 6) is 0.261. The summed E-state index contributed by atoms with van der Waals surface area (Å²) >= 11 is 0. The van der Waals surface area contributed by atoms with Crippen LogP contribution in [0.4, 0.5) is 0 Å². The van der Waals surface area contributed by atoms with E-state index in [4.69, 9.17) is 0 Å². The lowest BCUT2D eigenvalue weighted by molar-refractivity contribution is -0.121. The van der Waals surface area contributed by atoms with Crippen molar-refractivity contribution < 1.29 is 4.79 Å². The molecule has 110 valence electrons. The zero-order valence-corrected chi connectivity index (χ0v) is 13.8. The van der Waals surface area contributed by atoms with Gasteiger partial charge in [0.05, 0.1) is 5.41 Å². The summed E-state index contributed by atoms with van der Waals surface area (Å²) in [6.45, 7) is 12.5. The summed E-state index contributed by atoms with van der Waals surface area (Å²) in [4.78, 5) is 12.4. The number of hydrogen-bond donors (Lipinski definition) is 0. The van der Waals surface area contributed by atoms with Gasteiger partial charge in [-0.3, -0.25) is 4.79 Å². The van der Waals surface area contributed by atoms with Gasteiger partial charge in [0.1, 0.15) is 0 Å². The van der Waals surface area contributed by atoms with Crippen molar-refractivity contribution in [1.29, 1.82) is 0 Å². The van der Waals surface area contributed by atoms with Gasteiger partial charge in [0, 0.05) is 0 Å². The van der Waals surface area contributed by atoms with Gasteiger partial charge in [-0.05, 0) is 66.4 Å². The van der Waals surface area contributed by atoms with Crippen LogP contribution < -0.4 is 0 Å². The van der Waals surface area contributed by atoms with Gasteiger partial charge < -0.3 is 0 Å². The third kappa shape index (κ3) is 4.63. The van der Waals surface area contributed by atoms with Gasteiger partial charge in [-0.25, -0.2) is 0 Å². The quantitative estimate of drug-likeness (QED) is 0.600. The Kier molecular flexibility index (Phi) is 5.74. The van der Waals surface area contributed by atoms with Crippen LogP contribution >= 0.6 is 0 Å². The summed E-state index contributed by atoms with van der Waals surface area (Å²) < 4.78 is 0. The largest absolute Gasteiger partial charge is 0.294 e. The molecule has 1 unspecified atom stereocenters. The van der Waals surface area contributed by atoms with Crippen molar-refractivity contribution in [2.45, 2.75) is 60.8 Å². The van der Waals surface area contributed by atoms with Crippen LogP contribution in [0, 0.1) is 5.41 Å². The number of allylic oxidation sites excluding steroid dienone is 8. The average Bonchev–Trinajstić information content (AvgIpc) is 2.33. The Hall–Kier alpha value is -1.37. The third-order valence-electron chi connectivity index (χ3n) is 3.83. The van der Waals surface area contributed by atoms with Crippen LogP contribution in [-0.2, 0) is 4.79 Å². The van der Waals surface area contributed by atoms with Crippen molar-refractivity contribution in [3.8, 4) is 0 Å². The molecule has 1 heteroatoms. The Labute approximate surface area is 124 Å². The van der Waals surface area contributed by atoms with Crippen molar-refractivity contribution in [2.75, 3.05) is 0 Å². The summed E-state index contributed by atoms with van der Waals surface area (Å²) in [6.07, 6.45) is 11.6. The Morgan fingerprint density at radius 2 is 1.85 bits per heavy atom. The number of carbonyl (C=O) groups is 1. The van der Waals surface area contributed by atoms with Gasteiger partial charge in [0.2, 0.25) is 0 Å². The van der Waals surface area contributed by atoms with Crippen LogP contribution in [0.3, 0.4) is 0 Å². The number of rotatable bonds is 5. The lowest BCUT2D eigenvalue weighted by Crippen LogP contribution is -2.28. The molecule has 0 spiro atoms. The van der Waals surface area contributed by atoms with Crippen molar-refractivity contribution in [1.82, 2.24) is 0 Å². The second-order valence-electron chi connectivity index (χ2n) is 6.54. The highest BCUT2D eigenvalue weighted by molar-refractivity contribution is 6.02. The molecule has 0 saturated carbocycles. The zero-order valence-electron chi connectivity index (χ0n) is 13.8. The fourth-order valence-corrected chi connectivity index (χ4v) is 2.70. The lowest BCUT2D eigenvalue weighted by Gasteiger charge is -2.28. The average molecular weight is 272 g/mol. The van der Waals surface area contributed by atoms with Crippen molar-refractivity contribution in [2.24, 2.45) is 5.41 Å². The summed E-state index contributed by atoms with van der Waals surface area (Å²) in [5.41, 5.74) is 4.45. The fourth-order valence-electron chi connectivity index (χ4n) is 2.70. The minimum Gasteiger partial charge on any atom is -0.294 e. The van der Waals surface area contributed by atoms with Crippen LogP contribution in [0.5, 0.6) is 0 Å². The molecule has 0 fully saturated rings. The molecule has 20 heavy (non-hydrogen) atoms. The van der Waals surface area contributed by atoms with Gasteiger partial charge in [-0.2, -0.15) is 0 Å². The first-order valence-corrected chi connectivity index (χ1v) is 7.46. The molecular weight excluding hydrogens is 244 g/mol. The van der Waals surface area contributed by atoms with Crippen molar-refractivity contribution in [3.63, 3.8) is 0 Å². The molecule has 1 aliphatic rings. The number of Topliss-reactive ketones (excluding diaryl/α,β-unsaturated/α-hetero) is 1. The predicted octanol–water partition coefficient (Wildman–Crippen LogP) is 5.55. The topological polar surface area (TPSA) is 17.1 Å². The molecule has 0 bridgehead atoms. The molecular formula is C19H28O. The Morgan fingerprint density at radius 3 is 2.45 bits per heavy atom. The summed E-state index contributed by atoms with van der Waals surface area (Å²) in [5, 5.41) is 0. The van der Waals surface area contributed by atoms with E-state index < -0.39 is 0 Å². The van der Waals surface area contributed by atoms with Crippen molar-refractivity contribution in [3.05, 3.63) is 46.6 Å². The van der Waals surface area contributed by atoms with Crippen LogP contribution in [0.25, 0.3) is 0 Å². The molecule has 0 aliphatic heterocycles. The van der Waals surface area contributed by atoms with E-state index in [0.717, 1.165) is 24.8 Å². The number of carbonyl (C=O) groups excluding carboxylic acids is 1. The fraction of sp³-hybridized carbons (Fsp3) is 0.526. The zero-order chi connectivity index (χ0) is 15.3. The molecule has 1 aliphatic carbocycles. The van der Waals surface area contributed by atoms with Gasteiger partial charge in [-0.1, -0.05) is 41.0 Å². The highest BCUT2D eigenvalue weighted by Crippen LogP contribution is 2.34. The Balaban J connectivity index is 2.70. The molecule has 0 N–H and O–H groups in total. The molecule has 0 saturated heterocycles. The van der Waals surface area contributed by atoms with E-state index >= 15 is 0 Å². The van der Waals surface area contributed by atoms with Crippen LogP contribution in [0.2, 0.25) is 0 Å². The Morgan fingerprint density at radius 1 is 1.20 bits per heavy atom. The normalized spacial score (nSPS) is 23.3. The molecule has 0 aromatic carbocycles. The first-order valence-electron chi connectivity index (χ1n) is 7.46. The van der Waals surface area contributed by atoms with E-state index in [0.29, 0.717) is 0 Å². The maximum atomic E-state index is 12.4.